The lowest BCUT2D eigenvalue weighted by molar-refractivity contribution is -0.660. The molecule has 0 aliphatic rings. The molecule has 0 bridgehead atoms. The first-order valence-corrected chi connectivity index (χ1v) is 4.48. The van der Waals surface area contributed by atoms with E-state index in [9.17, 15) is 4.39 Å². The summed E-state index contributed by atoms with van der Waals surface area (Å²) in [6.07, 6.45) is 1.97. The molecule has 2 heteroatoms. The predicted molar refractivity (Wildman–Crippen MR) is 53.0 cm³/mol. The maximum absolute atomic E-state index is 12.7. The van der Waals surface area contributed by atoms with E-state index in [-0.39, 0.29) is 5.82 Å². The van der Waals surface area contributed by atoms with Crippen molar-refractivity contribution >= 4 is 0 Å². The lowest BCUT2D eigenvalue weighted by Crippen LogP contribution is -2.29. The zero-order chi connectivity index (χ0) is 9.97. The maximum atomic E-state index is 12.7. The Morgan fingerprint density at radius 1 is 1.00 bits per heavy atom. The highest BCUT2D eigenvalue weighted by molar-refractivity contribution is 5.55. The second-order valence-corrected chi connectivity index (χ2v) is 3.20. The van der Waals surface area contributed by atoms with Gasteiger partial charge in [-0.15, -0.1) is 0 Å². The minimum Gasteiger partial charge on any atom is -0.207 e. The molecular formula is C12H11FN+. The topological polar surface area (TPSA) is 3.88 Å². The Labute approximate surface area is 82.4 Å². The second-order valence-electron chi connectivity index (χ2n) is 3.20. The minimum absolute atomic E-state index is 0.202. The lowest BCUT2D eigenvalue weighted by atomic mass is 10.1. The molecule has 0 atom stereocenters. The summed E-state index contributed by atoms with van der Waals surface area (Å²) in [7, 11) is 1.97. The van der Waals surface area contributed by atoms with Gasteiger partial charge in [0.05, 0.1) is 0 Å². The van der Waals surface area contributed by atoms with E-state index in [1.54, 1.807) is 12.1 Å². The molecule has 0 radical (unpaired) electrons. The van der Waals surface area contributed by atoms with Crippen molar-refractivity contribution < 1.29 is 8.96 Å². The number of benzene rings is 1. The van der Waals surface area contributed by atoms with Crippen LogP contribution in [0.2, 0.25) is 0 Å². The number of aromatic nitrogens is 1. The average molecular weight is 188 g/mol. The first kappa shape index (κ1) is 8.88. The van der Waals surface area contributed by atoms with E-state index in [1.807, 2.05) is 36.0 Å². The number of pyridine rings is 1. The van der Waals surface area contributed by atoms with Crippen LogP contribution in [0.25, 0.3) is 11.3 Å². The molecule has 2 rings (SSSR count). The molecule has 2 aromatic rings. The Morgan fingerprint density at radius 2 is 1.71 bits per heavy atom. The van der Waals surface area contributed by atoms with Crippen LogP contribution >= 0.6 is 0 Å². The molecule has 0 aliphatic heterocycles. The normalized spacial score (nSPS) is 10.1. The molecule has 0 spiro atoms. The van der Waals surface area contributed by atoms with Crippen LogP contribution in [-0.4, -0.2) is 0 Å². The van der Waals surface area contributed by atoms with E-state index >= 15 is 0 Å². The minimum atomic E-state index is -0.202. The molecule has 1 heterocycles. The molecule has 0 aliphatic carbocycles. The molecule has 1 nitrogen and oxygen atoms in total. The third-order valence-electron chi connectivity index (χ3n) is 2.19. The number of aryl methyl sites for hydroxylation is 1. The van der Waals surface area contributed by atoms with Crippen molar-refractivity contribution in [2.24, 2.45) is 7.05 Å². The standard InChI is InChI=1S/C12H11FN/c1-14-9-3-2-4-12(14)10-5-7-11(13)8-6-10/h2-9H,1H3/q+1. The van der Waals surface area contributed by atoms with Crippen LogP contribution in [0.3, 0.4) is 0 Å². The highest BCUT2D eigenvalue weighted by atomic mass is 19.1. The third-order valence-corrected chi connectivity index (χ3v) is 2.19. The zero-order valence-corrected chi connectivity index (χ0v) is 7.94. The zero-order valence-electron chi connectivity index (χ0n) is 7.94. The van der Waals surface area contributed by atoms with Gasteiger partial charge in [-0.05, 0) is 30.3 Å². The molecule has 0 fully saturated rings. The van der Waals surface area contributed by atoms with Crippen molar-refractivity contribution in [3.8, 4) is 11.3 Å². The largest absolute Gasteiger partial charge is 0.212 e. The summed E-state index contributed by atoms with van der Waals surface area (Å²) in [6, 6.07) is 12.5. The first-order valence-electron chi connectivity index (χ1n) is 4.48. The van der Waals surface area contributed by atoms with Gasteiger partial charge in [0.1, 0.15) is 12.9 Å². The van der Waals surface area contributed by atoms with Gasteiger partial charge < -0.3 is 0 Å². The fourth-order valence-electron chi connectivity index (χ4n) is 1.44. The average Bonchev–Trinajstić information content (AvgIpc) is 2.20. The van der Waals surface area contributed by atoms with Crippen molar-refractivity contribution in [3.05, 3.63) is 54.5 Å². The number of rotatable bonds is 1. The van der Waals surface area contributed by atoms with Crippen molar-refractivity contribution in [1.82, 2.24) is 0 Å². The van der Waals surface area contributed by atoms with Crippen LogP contribution < -0.4 is 4.57 Å². The summed E-state index contributed by atoms with van der Waals surface area (Å²) in [4.78, 5) is 0. The van der Waals surface area contributed by atoms with Gasteiger partial charge in [0.15, 0.2) is 6.20 Å². The van der Waals surface area contributed by atoms with Crippen LogP contribution in [0.4, 0.5) is 4.39 Å². The van der Waals surface area contributed by atoms with Gasteiger partial charge in [-0.25, -0.2) is 8.96 Å². The maximum Gasteiger partial charge on any atom is 0.212 e. The van der Waals surface area contributed by atoms with Crippen LogP contribution in [0.1, 0.15) is 0 Å². The van der Waals surface area contributed by atoms with Gasteiger partial charge in [-0.1, -0.05) is 0 Å². The quantitative estimate of drug-likeness (QED) is 0.605. The van der Waals surface area contributed by atoms with Gasteiger partial charge in [-0.3, -0.25) is 0 Å². The number of halogens is 1. The van der Waals surface area contributed by atoms with E-state index in [0.29, 0.717) is 0 Å². The number of nitrogens with zero attached hydrogens (tertiary/aromatic N) is 1. The number of hydrogen-bond donors (Lipinski definition) is 0. The van der Waals surface area contributed by atoms with Crippen LogP contribution in [-0.2, 0) is 7.05 Å². The van der Waals surface area contributed by atoms with E-state index < -0.39 is 0 Å². The summed E-state index contributed by atoms with van der Waals surface area (Å²) in [6.45, 7) is 0. The molecular weight excluding hydrogens is 177 g/mol. The van der Waals surface area contributed by atoms with Crippen LogP contribution in [0.5, 0.6) is 0 Å². The Bertz CT molecular complexity index is 434. The Balaban J connectivity index is 2.50. The van der Waals surface area contributed by atoms with Crippen LogP contribution in [0.15, 0.2) is 48.7 Å². The van der Waals surface area contributed by atoms with Gasteiger partial charge >= 0.3 is 0 Å². The second kappa shape index (κ2) is 3.58. The molecule has 0 unspecified atom stereocenters. The number of hydrogen-bond acceptors (Lipinski definition) is 0. The van der Waals surface area contributed by atoms with Crippen molar-refractivity contribution in [2.75, 3.05) is 0 Å². The van der Waals surface area contributed by atoms with Crippen molar-refractivity contribution in [2.45, 2.75) is 0 Å². The smallest absolute Gasteiger partial charge is 0.207 e. The Kier molecular flexibility index (Phi) is 2.27. The third kappa shape index (κ3) is 1.64. The molecule has 1 aromatic heterocycles. The highest BCUT2D eigenvalue weighted by Gasteiger charge is 2.06. The summed E-state index contributed by atoms with van der Waals surface area (Å²) in [5.74, 6) is -0.202. The summed E-state index contributed by atoms with van der Waals surface area (Å²) >= 11 is 0. The predicted octanol–water partition coefficient (Wildman–Crippen LogP) is 2.32. The van der Waals surface area contributed by atoms with Crippen molar-refractivity contribution in [1.29, 1.82) is 0 Å². The molecule has 0 saturated carbocycles. The summed E-state index contributed by atoms with van der Waals surface area (Å²) in [5.41, 5.74) is 2.10. The highest BCUT2D eigenvalue weighted by Crippen LogP contribution is 2.14. The van der Waals surface area contributed by atoms with E-state index in [1.165, 1.54) is 12.1 Å². The molecule has 0 N–H and O–H groups in total. The van der Waals surface area contributed by atoms with Gasteiger partial charge in [0.2, 0.25) is 5.69 Å². The Morgan fingerprint density at radius 3 is 2.36 bits per heavy atom. The summed E-state index contributed by atoms with van der Waals surface area (Å²) < 4.78 is 14.7. The molecule has 1 aromatic carbocycles. The van der Waals surface area contributed by atoms with Gasteiger partial charge in [0, 0.05) is 17.7 Å². The lowest BCUT2D eigenvalue weighted by Gasteiger charge is -1.98. The fourth-order valence-corrected chi connectivity index (χ4v) is 1.44. The molecule has 70 valence electrons. The SMILES string of the molecule is C[n+]1ccccc1-c1ccc(F)cc1. The van der Waals surface area contributed by atoms with Gasteiger partial charge in [0.25, 0.3) is 0 Å². The summed E-state index contributed by atoms with van der Waals surface area (Å²) in [5, 5.41) is 0. The van der Waals surface area contributed by atoms with Gasteiger partial charge in [-0.2, -0.15) is 0 Å². The molecule has 0 saturated heterocycles. The van der Waals surface area contributed by atoms with E-state index in [2.05, 4.69) is 0 Å². The van der Waals surface area contributed by atoms with Crippen molar-refractivity contribution in [3.63, 3.8) is 0 Å². The monoisotopic (exact) mass is 188 g/mol. The first-order chi connectivity index (χ1) is 6.77. The van der Waals surface area contributed by atoms with E-state index in [4.69, 9.17) is 0 Å². The molecule has 0 amide bonds. The Hall–Kier alpha value is -1.70. The molecule has 14 heavy (non-hydrogen) atoms. The van der Waals surface area contributed by atoms with Crippen LogP contribution in [0, 0.1) is 5.82 Å². The van der Waals surface area contributed by atoms with E-state index in [0.717, 1.165) is 11.3 Å². The fraction of sp³-hybridized carbons (Fsp3) is 0.0833.